The van der Waals surface area contributed by atoms with Gasteiger partial charge in [-0.3, -0.25) is 0 Å². The van der Waals surface area contributed by atoms with Crippen molar-refractivity contribution in [1.82, 2.24) is 15.3 Å². The molecule has 2 N–H and O–H groups in total. The third-order valence-electron chi connectivity index (χ3n) is 2.25. The van der Waals surface area contributed by atoms with Gasteiger partial charge >= 0.3 is 0 Å². The summed E-state index contributed by atoms with van der Waals surface area (Å²) in [6, 6.07) is 0.435. The summed E-state index contributed by atoms with van der Waals surface area (Å²) in [5.74, 6) is 0.656. The second kappa shape index (κ2) is 4.57. The lowest BCUT2D eigenvalue weighted by Crippen LogP contribution is -2.38. The fourth-order valence-electron chi connectivity index (χ4n) is 1.54. The van der Waals surface area contributed by atoms with E-state index in [9.17, 15) is 0 Å². The summed E-state index contributed by atoms with van der Waals surface area (Å²) in [6.45, 7) is 2.09. The molecule has 2 heterocycles. The van der Waals surface area contributed by atoms with Crippen molar-refractivity contribution in [3.8, 4) is 0 Å². The highest BCUT2D eigenvalue weighted by Gasteiger charge is 2.12. The molecule has 5 heteroatoms. The SMILES string of the molecule is Clc1cnc(NC2CCCNC2)nc1. The minimum absolute atomic E-state index is 0.435. The topological polar surface area (TPSA) is 49.8 Å². The van der Waals surface area contributed by atoms with Gasteiger partial charge in [0, 0.05) is 12.6 Å². The van der Waals surface area contributed by atoms with E-state index in [0.29, 0.717) is 17.0 Å². The Kier molecular flexibility index (Phi) is 3.16. The van der Waals surface area contributed by atoms with Gasteiger partial charge in [0.15, 0.2) is 0 Å². The molecule has 0 aliphatic carbocycles. The summed E-state index contributed by atoms with van der Waals surface area (Å²) in [6.07, 6.45) is 5.57. The average molecular weight is 213 g/mol. The van der Waals surface area contributed by atoms with E-state index in [-0.39, 0.29) is 0 Å². The van der Waals surface area contributed by atoms with Crippen molar-refractivity contribution in [2.24, 2.45) is 0 Å². The van der Waals surface area contributed by atoms with Gasteiger partial charge < -0.3 is 10.6 Å². The molecule has 2 rings (SSSR count). The predicted molar refractivity (Wildman–Crippen MR) is 56.6 cm³/mol. The van der Waals surface area contributed by atoms with Gasteiger partial charge in [-0.2, -0.15) is 0 Å². The van der Waals surface area contributed by atoms with Crippen LogP contribution in [0.2, 0.25) is 5.02 Å². The van der Waals surface area contributed by atoms with Crippen molar-refractivity contribution in [1.29, 1.82) is 0 Å². The van der Waals surface area contributed by atoms with Crippen molar-refractivity contribution < 1.29 is 0 Å². The first-order valence-corrected chi connectivity index (χ1v) is 5.17. The molecule has 1 aromatic heterocycles. The molecule has 1 aliphatic rings. The molecule has 0 radical (unpaired) electrons. The van der Waals surface area contributed by atoms with Crippen LogP contribution in [0.4, 0.5) is 5.95 Å². The summed E-state index contributed by atoms with van der Waals surface area (Å²) in [7, 11) is 0. The molecule has 1 aromatic rings. The number of halogens is 1. The van der Waals surface area contributed by atoms with Crippen LogP contribution in [0.15, 0.2) is 12.4 Å². The number of aromatic nitrogens is 2. The number of nitrogens with zero attached hydrogens (tertiary/aromatic N) is 2. The summed E-state index contributed by atoms with van der Waals surface area (Å²) < 4.78 is 0. The second-order valence-corrected chi connectivity index (χ2v) is 3.85. The van der Waals surface area contributed by atoms with E-state index in [0.717, 1.165) is 13.1 Å². The molecule has 4 nitrogen and oxygen atoms in total. The molecule has 14 heavy (non-hydrogen) atoms. The third-order valence-corrected chi connectivity index (χ3v) is 2.45. The lowest BCUT2D eigenvalue weighted by atomic mass is 10.1. The molecule has 0 amide bonds. The van der Waals surface area contributed by atoms with Crippen molar-refractivity contribution in [3.63, 3.8) is 0 Å². The van der Waals surface area contributed by atoms with E-state index in [4.69, 9.17) is 11.6 Å². The van der Waals surface area contributed by atoms with Gasteiger partial charge in [0.2, 0.25) is 5.95 Å². The highest BCUT2D eigenvalue weighted by Crippen LogP contribution is 2.09. The molecule has 1 saturated heterocycles. The predicted octanol–water partition coefficient (Wildman–Crippen LogP) is 1.29. The summed E-state index contributed by atoms with van der Waals surface area (Å²) in [5, 5.41) is 7.15. The Morgan fingerprint density at radius 1 is 1.43 bits per heavy atom. The van der Waals surface area contributed by atoms with Gasteiger partial charge in [-0.25, -0.2) is 9.97 Å². The van der Waals surface area contributed by atoms with Crippen LogP contribution in [0, 0.1) is 0 Å². The number of nitrogens with one attached hydrogen (secondary N) is 2. The first kappa shape index (κ1) is 9.68. The second-order valence-electron chi connectivity index (χ2n) is 3.41. The fraction of sp³-hybridized carbons (Fsp3) is 0.556. The molecule has 1 unspecified atom stereocenters. The van der Waals surface area contributed by atoms with Crippen molar-refractivity contribution in [2.45, 2.75) is 18.9 Å². The Balaban J connectivity index is 1.92. The molecule has 76 valence electrons. The van der Waals surface area contributed by atoms with Crippen molar-refractivity contribution in [3.05, 3.63) is 17.4 Å². The Morgan fingerprint density at radius 2 is 2.21 bits per heavy atom. The van der Waals surface area contributed by atoms with Crippen LogP contribution in [-0.2, 0) is 0 Å². The zero-order valence-electron chi connectivity index (χ0n) is 7.83. The molecular formula is C9H13ClN4. The van der Waals surface area contributed by atoms with Gasteiger partial charge in [0.05, 0.1) is 17.4 Å². The minimum Gasteiger partial charge on any atom is -0.350 e. The summed E-state index contributed by atoms with van der Waals surface area (Å²) >= 11 is 5.69. The third kappa shape index (κ3) is 2.56. The zero-order chi connectivity index (χ0) is 9.80. The molecule has 0 bridgehead atoms. The van der Waals surface area contributed by atoms with Gasteiger partial charge in [-0.1, -0.05) is 11.6 Å². The summed E-state index contributed by atoms with van der Waals surface area (Å²) in [4.78, 5) is 8.18. The van der Waals surface area contributed by atoms with Gasteiger partial charge in [0.25, 0.3) is 0 Å². The monoisotopic (exact) mass is 212 g/mol. The zero-order valence-corrected chi connectivity index (χ0v) is 8.59. The Hall–Kier alpha value is -0.870. The lowest BCUT2D eigenvalue weighted by Gasteiger charge is -2.23. The van der Waals surface area contributed by atoms with Crippen molar-refractivity contribution >= 4 is 17.5 Å². The van der Waals surface area contributed by atoms with Crippen LogP contribution in [0.3, 0.4) is 0 Å². The van der Waals surface area contributed by atoms with Crippen LogP contribution >= 0.6 is 11.6 Å². The molecule has 0 spiro atoms. The highest BCUT2D eigenvalue weighted by molar-refractivity contribution is 6.30. The maximum absolute atomic E-state index is 5.69. The molecule has 1 fully saturated rings. The quantitative estimate of drug-likeness (QED) is 0.776. The van der Waals surface area contributed by atoms with Crippen LogP contribution in [-0.4, -0.2) is 29.1 Å². The van der Waals surface area contributed by atoms with Crippen LogP contribution in [0.25, 0.3) is 0 Å². The van der Waals surface area contributed by atoms with E-state index >= 15 is 0 Å². The molecule has 0 saturated carbocycles. The van der Waals surface area contributed by atoms with E-state index in [1.54, 1.807) is 12.4 Å². The van der Waals surface area contributed by atoms with E-state index in [1.807, 2.05) is 0 Å². The standard InChI is InChI=1S/C9H13ClN4/c10-7-4-12-9(13-5-7)14-8-2-1-3-11-6-8/h4-5,8,11H,1-3,6H2,(H,12,13,14). The first-order chi connectivity index (χ1) is 6.84. The highest BCUT2D eigenvalue weighted by atomic mass is 35.5. The van der Waals surface area contributed by atoms with Gasteiger partial charge in [0.1, 0.15) is 0 Å². The lowest BCUT2D eigenvalue weighted by molar-refractivity contribution is 0.478. The number of anilines is 1. The Bertz CT molecular complexity index is 281. The molecule has 1 atom stereocenters. The molecule has 1 aliphatic heterocycles. The largest absolute Gasteiger partial charge is 0.350 e. The molecular weight excluding hydrogens is 200 g/mol. The molecule has 0 aromatic carbocycles. The maximum atomic E-state index is 5.69. The normalized spacial score (nSPS) is 21.9. The number of rotatable bonds is 2. The van der Waals surface area contributed by atoms with Crippen LogP contribution < -0.4 is 10.6 Å². The summed E-state index contributed by atoms with van der Waals surface area (Å²) in [5.41, 5.74) is 0. The van der Waals surface area contributed by atoms with E-state index in [1.165, 1.54) is 12.8 Å². The van der Waals surface area contributed by atoms with E-state index in [2.05, 4.69) is 20.6 Å². The van der Waals surface area contributed by atoms with Crippen LogP contribution in [0.1, 0.15) is 12.8 Å². The smallest absolute Gasteiger partial charge is 0.222 e. The van der Waals surface area contributed by atoms with Crippen LogP contribution in [0.5, 0.6) is 0 Å². The maximum Gasteiger partial charge on any atom is 0.222 e. The first-order valence-electron chi connectivity index (χ1n) is 4.79. The van der Waals surface area contributed by atoms with Crippen molar-refractivity contribution in [2.75, 3.05) is 18.4 Å². The number of hydrogen-bond acceptors (Lipinski definition) is 4. The Morgan fingerprint density at radius 3 is 2.86 bits per heavy atom. The Labute approximate surface area is 88.1 Å². The van der Waals surface area contributed by atoms with E-state index < -0.39 is 0 Å². The minimum atomic E-state index is 0.435. The van der Waals surface area contributed by atoms with Gasteiger partial charge in [-0.15, -0.1) is 0 Å². The average Bonchev–Trinajstić information content (AvgIpc) is 2.23. The number of piperidine rings is 1. The number of hydrogen-bond donors (Lipinski definition) is 2. The van der Waals surface area contributed by atoms with Gasteiger partial charge in [-0.05, 0) is 19.4 Å². The fourth-order valence-corrected chi connectivity index (χ4v) is 1.64.